The maximum atomic E-state index is 11.5. The van der Waals surface area contributed by atoms with Crippen LogP contribution in [0.3, 0.4) is 0 Å². The molecule has 0 aliphatic heterocycles. The number of hydrogen-bond donors (Lipinski definition) is 2. The summed E-state index contributed by atoms with van der Waals surface area (Å²) in [4.78, 5) is 16.0. The van der Waals surface area contributed by atoms with Gasteiger partial charge in [-0.2, -0.15) is 0 Å². The summed E-state index contributed by atoms with van der Waals surface area (Å²) >= 11 is 3.40. The zero-order chi connectivity index (χ0) is 14.7. The highest BCUT2D eigenvalue weighted by molar-refractivity contribution is 9.10. The van der Waals surface area contributed by atoms with Crippen LogP contribution in [-0.4, -0.2) is 18.0 Å². The number of pyridine rings is 1. The van der Waals surface area contributed by atoms with Crippen molar-refractivity contribution in [2.45, 2.75) is 6.92 Å². The second kappa shape index (κ2) is 6.02. The van der Waals surface area contributed by atoms with E-state index in [-0.39, 0.29) is 5.91 Å². The van der Waals surface area contributed by atoms with Gasteiger partial charge in [0.15, 0.2) is 0 Å². The number of carbonyl (C=O) groups excluding carboxylic acids is 1. The molecule has 0 saturated carbocycles. The second-order valence-corrected chi connectivity index (χ2v) is 5.06. The number of nitrogen functional groups attached to an aromatic ring is 1. The number of amides is 1. The monoisotopic (exact) mass is 335 g/mol. The molecule has 6 heteroatoms. The standard InChI is InChI=1S/C14H14BrN3O2/c1-8-10(14(19)18-16)5-6-12(17-8)11-4-3-9(15)7-13(11)20-2/h3-7H,16H2,1-2H3,(H,18,19). The number of hydrazine groups is 1. The molecule has 0 bridgehead atoms. The number of aryl methyl sites for hydroxylation is 1. The van der Waals surface area contributed by atoms with Crippen LogP contribution in [0.5, 0.6) is 5.75 Å². The molecule has 0 spiro atoms. The van der Waals surface area contributed by atoms with E-state index >= 15 is 0 Å². The van der Waals surface area contributed by atoms with Crippen molar-refractivity contribution in [1.29, 1.82) is 0 Å². The molecule has 0 unspecified atom stereocenters. The van der Waals surface area contributed by atoms with E-state index in [1.54, 1.807) is 26.2 Å². The van der Waals surface area contributed by atoms with Crippen molar-refractivity contribution in [1.82, 2.24) is 10.4 Å². The Morgan fingerprint density at radius 2 is 2.10 bits per heavy atom. The molecule has 0 aliphatic rings. The summed E-state index contributed by atoms with van der Waals surface area (Å²) in [5.41, 5.74) is 4.76. The van der Waals surface area contributed by atoms with E-state index in [1.807, 2.05) is 18.2 Å². The van der Waals surface area contributed by atoms with E-state index in [0.29, 0.717) is 17.0 Å². The average molecular weight is 336 g/mol. The summed E-state index contributed by atoms with van der Waals surface area (Å²) in [5.74, 6) is 5.49. The molecular weight excluding hydrogens is 322 g/mol. The third kappa shape index (κ3) is 2.81. The Morgan fingerprint density at radius 1 is 1.35 bits per heavy atom. The Labute approximate surface area is 125 Å². The summed E-state index contributed by atoms with van der Waals surface area (Å²) < 4.78 is 6.27. The first kappa shape index (κ1) is 14.5. The number of nitrogens with two attached hydrogens (primary N) is 1. The Balaban J connectivity index is 2.49. The Hall–Kier alpha value is -1.92. The number of benzene rings is 1. The van der Waals surface area contributed by atoms with Crippen molar-refractivity contribution in [2.24, 2.45) is 5.84 Å². The van der Waals surface area contributed by atoms with Gasteiger partial charge in [-0.1, -0.05) is 15.9 Å². The molecule has 2 aromatic rings. The molecule has 1 heterocycles. The number of nitrogens with one attached hydrogen (secondary N) is 1. The number of nitrogens with zero attached hydrogens (tertiary/aromatic N) is 1. The Kier molecular flexibility index (Phi) is 4.36. The largest absolute Gasteiger partial charge is 0.496 e. The molecule has 0 aliphatic carbocycles. The molecule has 104 valence electrons. The van der Waals surface area contributed by atoms with Gasteiger partial charge >= 0.3 is 0 Å². The van der Waals surface area contributed by atoms with Crippen molar-refractivity contribution in [3.05, 3.63) is 46.1 Å². The summed E-state index contributed by atoms with van der Waals surface area (Å²) in [6, 6.07) is 9.15. The fourth-order valence-electron chi connectivity index (χ4n) is 1.91. The maximum absolute atomic E-state index is 11.5. The van der Waals surface area contributed by atoms with Crippen LogP contribution in [-0.2, 0) is 0 Å². The summed E-state index contributed by atoms with van der Waals surface area (Å²) in [6.45, 7) is 1.76. The van der Waals surface area contributed by atoms with Crippen LogP contribution < -0.4 is 16.0 Å². The molecule has 5 nitrogen and oxygen atoms in total. The van der Waals surface area contributed by atoms with Crippen LogP contribution in [0.1, 0.15) is 16.1 Å². The van der Waals surface area contributed by atoms with Crippen LogP contribution >= 0.6 is 15.9 Å². The van der Waals surface area contributed by atoms with Gasteiger partial charge in [-0.15, -0.1) is 0 Å². The number of methoxy groups -OCH3 is 1. The fraction of sp³-hybridized carbons (Fsp3) is 0.143. The van der Waals surface area contributed by atoms with Gasteiger partial charge in [-0.3, -0.25) is 15.2 Å². The lowest BCUT2D eigenvalue weighted by molar-refractivity contribution is 0.0952. The van der Waals surface area contributed by atoms with E-state index in [9.17, 15) is 4.79 Å². The normalized spacial score (nSPS) is 10.2. The second-order valence-electron chi connectivity index (χ2n) is 4.15. The molecular formula is C14H14BrN3O2. The lowest BCUT2D eigenvalue weighted by Crippen LogP contribution is -2.30. The van der Waals surface area contributed by atoms with Gasteiger partial charge in [0.1, 0.15) is 5.75 Å². The molecule has 20 heavy (non-hydrogen) atoms. The van der Waals surface area contributed by atoms with Crippen molar-refractivity contribution >= 4 is 21.8 Å². The third-order valence-corrected chi connectivity index (χ3v) is 3.39. The average Bonchev–Trinajstić information content (AvgIpc) is 2.46. The van der Waals surface area contributed by atoms with Crippen LogP contribution in [0.25, 0.3) is 11.3 Å². The third-order valence-electron chi connectivity index (χ3n) is 2.90. The first-order chi connectivity index (χ1) is 9.56. The zero-order valence-electron chi connectivity index (χ0n) is 11.1. The molecule has 0 radical (unpaired) electrons. The van der Waals surface area contributed by atoms with Gasteiger partial charge in [0.05, 0.1) is 24.1 Å². The molecule has 0 saturated heterocycles. The minimum Gasteiger partial charge on any atom is -0.496 e. The maximum Gasteiger partial charge on any atom is 0.267 e. The smallest absolute Gasteiger partial charge is 0.267 e. The number of hydrogen-bond acceptors (Lipinski definition) is 4. The minimum absolute atomic E-state index is 0.357. The van der Waals surface area contributed by atoms with Crippen LogP contribution in [0.4, 0.5) is 0 Å². The molecule has 2 rings (SSSR count). The van der Waals surface area contributed by atoms with Crippen LogP contribution in [0, 0.1) is 6.92 Å². The number of carbonyl (C=O) groups is 1. The van der Waals surface area contributed by atoms with Crippen molar-refractivity contribution in [2.75, 3.05) is 7.11 Å². The first-order valence-corrected chi connectivity index (χ1v) is 6.68. The molecule has 3 N–H and O–H groups in total. The highest BCUT2D eigenvalue weighted by atomic mass is 79.9. The molecule has 0 atom stereocenters. The number of halogens is 1. The van der Waals surface area contributed by atoms with Gasteiger partial charge in [-0.05, 0) is 37.3 Å². The van der Waals surface area contributed by atoms with Gasteiger partial charge in [0, 0.05) is 10.0 Å². The highest BCUT2D eigenvalue weighted by Gasteiger charge is 2.12. The number of rotatable bonds is 3. The van der Waals surface area contributed by atoms with Gasteiger partial charge in [0.2, 0.25) is 0 Å². The van der Waals surface area contributed by atoms with Gasteiger partial charge in [0.25, 0.3) is 5.91 Å². The van der Waals surface area contributed by atoms with E-state index in [4.69, 9.17) is 10.6 Å². The van der Waals surface area contributed by atoms with E-state index in [0.717, 1.165) is 15.7 Å². The Bertz CT molecular complexity index is 659. The van der Waals surface area contributed by atoms with Crippen molar-refractivity contribution in [3.63, 3.8) is 0 Å². The predicted molar refractivity (Wildman–Crippen MR) is 80.3 cm³/mol. The topological polar surface area (TPSA) is 77.2 Å². The lowest BCUT2D eigenvalue weighted by atomic mass is 10.1. The summed E-state index contributed by atoms with van der Waals surface area (Å²) in [7, 11) is 1.61. The SMILES string of the molecule is COc1cc(Br)ccc1-c1ccc(C(=O)NN)c(C)n1. The van der Waals surface area contributed by atoms with Gasteiger partial charge < -0.3 is 4.74 Å². The van der Waals surface area contributed by atoms with E-state index < -0.39 is 0 Å². The van der Waals surface area contributed by atoms with E-state index in [1.165, 1.54) is 0 Å². The van der Waals surface area contributed by atoms with Crippen molar-refractivity contribution < 1.29 is 9.53 Å². The summed E-state index contributed by atoms with van der Waals surface area (Å²) in [6.07, 6.45) is 0. The molecule has 1 aromatic heterocycles. The lowest BCUT2D eigenvalue weighted by Gasteiger charge is -2.10. The van der Waals surface area contributed by atoms with Gasteiger partial charge in [-0.25, -0.2) is 5.84 Å². The van der Waals surface area contributed by atoms with Crippen molar-refractivity contribution in [3.8, 4) is 17.0 Å². The highest BCUT2D eigenvalue weighted by Crippen LogP contribution is 2.31. The zero-order valence-corrected chi connectivity index (χ0v) is 12.7. The fourth-order valence-corrected chi connectivity index (χ4v) is 2.25. The van der Waals surface area contributed by atoms with Crippen LogP contribution in [0.2, 0.25) is 0 Å². The molecule has 0 fully saturated rings. The number of aromatic nitrogens is 1. The number of ether oxygens (including phenoxy) is 1. The van der Waals surface area contributed by atoms with E-state index in [2.05, 4.69) is 26.3 Å². The summed E-state index contributed by atoms with van der Waals surface area (Å²) in [5, 5.41) is 0. The molecule has 1 amide bonds. The first-order valence-electron chi connectivity index (χ1n) is 5.89. The predicted octanol–water partition coefficient (Wildman–Crippen LogP) is 2.43. The Morgan fingerprint density at radius 3 is 2.70 bits per heavy atom. The quantitative estimate of drug-likeness (QED) is 0.513. The van der Waals surface area contributed by atoms with Crippen LogP contribution in [0.15, 0.2) is 34.8 Å². The molecule has 1 aromatic carbocycles. The minimum atomic E-state index is -0.357.